The van der Waals surface area contributed by atoms with Crippen LogP contribution >= 0.6 is 15.9 Å². The maximum atomic E-state index is 12.7. The first-order chi connectivity index (χ1) is 10.2. The second kappa shape index (κ2) is 6.30. The average molecular weight is 350 g/mol. The first kappa shape index (κ1) is 14.8. The highest BCUT2D eigenvalue weighted by Gasteiger charge is 2.31. The molecule has 1 saturated carbocycles. The number of ketones is 1. The Hall–Kier alpha value is -1.16. The van der Waals surface area contributed by atoms with Crippen LogP contribution in [0.25, 0.3) is 0 Å². The molecular weight excluding hydrogens is 330 g/mol. The summed E-state index contributed by atoms with van der Waals surface area (Å²) in [6, 6.07) is 5.74. The number of rotatable bonds is 3. The third-order valence-corrected chi connectivity index (χ3v) is 5.15. The lowest BCUT2D eigenvalue weighted by atomic mass is 9.88. The number of nitrogens with zero attached hydrogens (tertiary/aromatic N) is 1. The summed E-state index contributed by atoms with van der Waals surface area (Å²) in [5.41, 5.74) is 2.88. The molecule has 0 radical (unpaired) electrons. The summed E-state index contributed by atoms with van der Waals surface area (Å²) in [7, 11) is 0. The number of hydrogen-bond donors (Lipinski definition) is 0. The quantitative estimate of drug-likeness (QED) is 0.615. The molecule has 0 N–H and O–H groups in total. The summed E-state index contributed by atoms with van der Waals surface area (Å²) >= 11 is 3.21. The van der Waals surface area contributed by atoms with Crippen molar-refractivity contribution in [1.82, 2.24) is 0 Å². The van der Waals surface area contributed by atoms with E-state index in [1.54, 1.807) is 0 Å². The monoisotopic (exact) mass is 349 g/mol. The number of hydrogen-bond acceptors (Lipinski definition) is 2. The van der Waals surface area contributed by atoms with Crippen LogP contribution in [0.1, 0.15) is 48.0 Å². The Morgan fingerprint density at radius 2 is 1.95 bits per heavy atom. The smallest absolute Gasteiger partial charge is 0.230 e. The minimum absolute atomic E-state index is 0.0925. The van der Waals surface area contributed by atoms with Gasteiger partial charge in [-0.3, -0.25) is 9.59 Å². The van der Waals surface area contributed by atoms with Gasteiger partial charge in [-0.25, -0.2) is 0 Å². The number of fused-ring (bicyclic) bond motifs is 1. The third kappa shape index (κ3) is 2.91. The number of anilines is 1. The van der Waals surface area contributed by atoms with Crippen LogP contribution in [0.5, 0.6) is 0 Å². The van der Waals surface area contributed by atoms with E-state index in [1.165, 1.54) is 19.3 Å². The second-order valence-corrected chi connectivity index (χ2v) is 6.54. The van der Waals surface area contributed by atoms with Crippen molar-refractivity contribution in [1.29, 1.82) is 0 Å². The molecule has 3 nitrogen and oxygen atoms in total. The topological polar surface area (TPSA) is 37.4 Å². The Morgan fingerprint density at radius 1 is 1.19 bits per heavy atom. The summed E-state index contributed by atoms with van der Waals surface area (Å²) < 4.78 is 0. The zero-order chi connectivity index (χ0) is 14.8. The van der Waals surface area contributed by atoms with Crippen LogP contribution in [0.15, 0.2) is 18.2 Å². The second-order valence-electron chi connectivity index (χ2n) is 5.98. The molecule has 0 unspecified atom stereocenters. The van der Waals surface area contributed by atoms with Crippen molar-refractivity contribution < 1.29 is 9.59 Å². The van der Waals surface area contributed by atoms with E-state index in [2.05, 4.69) is 15.9 Å². The molecule has 1 heterocycles. The molecule has 1 fully saturated rings. The van der Waals surface area contributed by atoms with E-state index in [9.17, 15) is 9.59 Å². The Labute approximate surface area is 133 Å². The number of alkyl halides is 1. The standard InChI is InChI=1S/C17H20BrNO2/c18-11-16(20)14-6-7-15-13(10-14)8-9-19(15)17(21)12-4-2-1-3-5-12/h6-7,10,12H,1-5,8-9,11H2. The Kier molecular flexibility index (Phi) is 4.43. The molecule has 1 aromatic carbocycles. The zero-order valence-electron chi connectivity index (χ0n) is 12.1. The predicted molar refractivity (Wildman–Crippen MR) is 87.2 cm³/mol. The molecule has 1 amide bonds. The van der Waals surface area contributed by atoms with E-state index in [0.717, 1.165) is 42.6 Å². The van der Waals surface area contributed by atoms with Gasteiger partial charge in [0, 0.05) is 23.7 Å². The molecule has 1 aliphatic carbocycles. The first-order valence-electron chi connectivity index (χ1n) is 7.74. The van der Waals surface area contributed by atoms with Crippen molar-refractivity contribution in [2.75, 3.05) is 16.8 Å². The average Bonchev–Trinajstić information content (AvgIpc) is 2.97. The Bertz CT molecular complexity index is 564. The van der Waals surface area contributed by atoms with Gasteiger partial charge in [0.25, 0.3) is 0 Å². The third-order valence-electron chi connectivity index (χ3n) is 4.64. The zero-order valence-corrected chi connectivity index (χ0v) is 13.7. The summed E-state index contributed by atoms with van der Waals surface area (Å²) in [6.07, 6.45) is 6.54. The molecule has 0 spiro atoms. The van der Waals surface area contributed by atoms with Crippen LogP contribution in [-0.4, -0.2) is 23.6 Å². The number of halogens is 1. The number of carbonyl (C=O) groups excluding carboxylic acids is 2. The number of carbonyl (C=O) groups is 2. The SMILES string of the molecule is O=C(CBr)c1ccc2c(c1)CCN2C(=O)C1CCCCC1. The van der Waals surface area contributed by atoms with Gasteiger partial charge >= 0.3 is 0 Å². The van der Waals surface area contributed by atoms with Gasteiger partial charge < -0.3 is 4.90 Å². The molecule has 1 aromatic rings. The lowest BCUT2D eigenvalue weighted by Gasteiger charge is -2.26. The number of Topliss-reactive ketones (excluding diaryl/α,β-unsaturated/α-hetero) is 1. The molecule has 0 bridgehead atoms. The predicted octanol–water partition coefficient (Wildman–Crippen LogP) is 3.73. The van der Waals surface area contributed by atoms with Crippen LogP contribution in [0, 0.1) is 5.92 Å². The lowest BCUT2D eigenvalue weighted by molar-refractivity contribution is -0.123. The fraction of sp³-hybridized carbons (Fsp3) is 0.529. The molecule has 2 aliphatic rings. The maximum Gasteiger partial charge on any atom is 0.230 e. The molecule has 0 aromatic heterocycles. The lowest BCUT2D eigenvalue weighted by Crippen LogP contribution is -2.35. The number of amides is 1. The van der Waals surface area contributed by atoms with Gasteiger partial charge in [0.05, 0.1) is 5.33 Å². The van der Waals surface area contributed by atoms with E-state index >= 15 is 0 Å². The largest absolute Gasteiger partial charge is 0.312 e. The van der Waals surface area contributed by atoms with E-state index in [0.29, 0.717) is 5.33 Å². The fourth-order valence-corrected chi connectivity index (χ4v) is 3.77. The van der Waals surface area contributed by atoms with E-state index < -0.39 is 0 Å². The van der Waals surface area contributed by atoms with Gasteiger partial charge in [-0.15, -0.1) is 0 Å². The number of benzene rings is 1. The van der Waals surface area contributed by atoms with E-state index in [1.807, 2.05) is 23.1 Å². The highest BCUT2D eigenvalue weighted by Crippen LogP contribution is 2.33. The van der Waals surface area contributed by atoms with Crippen molar-refractivity contribution in [2.45, 2.75) is 38.5 Å². The van der Waals surface area contributed by atoms with Gasteiger partial charge in [-0.1, -0.05) is 35.2 Å². The van der Waals surface area contributed by atoms with Crippen LogP contribution in [0.4, 0.5) is 5.69 Å². The Balaban J connectivity index is 1.80. The van der Waals surface area contributed by atoms with Gasteiger partial charge in [-0.2, -0.15) is 0 Å². The van der Waals surface area contributed by atoms with Crippen LogP contribution < -0.4 is 4.90 Å². The molecule has 4 heteroatoms. The molecular formula is C17H20BrNO2. The minimum Gasteiger partial charge on any atom is -0.312 e. The van der Waals surface area contributed by atoms with Gasteiger partial charge in [0.15, 0.2) is 5.78 Å². The molecule has 21 heavy (non-hydrogen) atoms. The summed E-state index contributed by atoms with van der Waals surface area (Å²) in [5, 5.41) is 0.344. The van der Waals surface area contributed by atoms with Crippen molar-refractivity contribution in [2.24, 2.45) is 5.92 Å². The normalized spacial score (nSPS) is 18.6. The molecule has 0 saturated heterocycles. The van der Waals surface area contributed by atoms with Crippen molar-refractivity contribution in [3.05, 3.63) is 29.3 Å². The van der Waals surface area contributed by atoms with Gasteiger partial charge in [0.2, 0.25) is 5.91 Å². The summed E-state index contributed by atoms with van der Waals surface area (Å²) in [6.45, 7) is 0.761. The summed E-state index contributed by atoms with van der Waals surface area (Å²) in [4.78, 5) is 26.4. The van der Waals surface area contributed by atoms with Gasteiger partial charge in [0.1, 0.15) is 0 Å². The molecule has 0 atom stereocenters. The van der Waals surface area contributed by atoms with E-state index in [4.69, 9.17) is 0 Å². The highest BCUT2D eigenvalue weighted by molar-refractivity contribution is 9.09. The van der Waals surface area contributed by atoms with Crippen LogP contribution in [-0.2, 0) is 11.2 Å². The van der Waals surface area contributed by atoms with Crippen molar-refractivity contribution in [3.63, 3.8) is 0 Å². The highest BCUT2D eigenvalue weighted by atomic mass is 79.9. The maximum absolute atomic E-state index is 12.7. The van der Waals surface area contributed by atoms with Crippen molar-refractivity contribution in [3.8, 4) is 0 Å². The molecule has 112 valence electrons. The molecule has 3 rings (SSSR count). The fourth-order valence-electron chi connectivity index (χ4n) is 3.45. The summed E-state index contributed by atoms with van der Waals surface area (Å²) in [5.74, 6) is 0.580. The van der Waals surface area contributed by atoms with E-state index in [-0.39, 0.29) is 17.6 Å². The van der Waals surface area contributed by atoms with Crippen molar-refractivity contribution >= 4 is 33.3 Å². The van der Waals surface area contributed by atoms with Crippen LogP contribution in [0.2, 0.25) is 0 Å². The van der Waals surface area contributed by atoms with Crippen LogP contribution in [0.3, 0.4) is 0 Å². The Morgan fingerprint density at radius 3 is 2.67 bits per heavy atom. The molecule has 1 aliphatic heterocycles. The minimum atomic E-state index is 0.0925. The van der Waals surface area contributed by atoms with Gasteiger partial charge in [-0.05, 0) is 43.0 Å². The first-order valence-corrected chi connectivity index (χ1v) is 8.86.